The molecule has 0 saturated carbocycles. The first-order valence-electron chi connectivity index (χ1n) is 6.96. The first-order chi connectivity index (χ1) is 10.7. The monoisotopic (exact) mass is 317 g/mol. The van der Waals surface area contributed by atoms with E-state index in [0.717, 1.165) is 22.2 Å². The third kappa shape index (κ3) is 2.89. The summed E-state index contributed by atoms with van der Waals surface area (Å²) in [6.07, 6.45) is 1.08. The van der Waals surface area contributed by atoms with Crippen LogP contribution >= 0.6 is 11.8 Å². The molecule has 0 bridgehead atoms. The topological polar surface area (TPSA) is 71.3 Å². The highest BCUT2D eigenvalue weighted by Gasteiger charge is 2.33. The Labute approximate surface area is 132 Å². The van der Waals surface area contributed by atoms with Crippen LogP contribution in [0.5, 0.6) is 0 Å². The van der Waals surface area contributed by atoms with Gasteiger partial charge in [0, 0.05) is 17.7 Å². The lowest BCUT2D eigenvalue weighted by molar-refractivity contribution is -0.140. The molecule has 2 aliphatic rings. The van der Waals surface area contributed by atoms with E-state index in [1.807, 2.05) is 29.2 Å². The summed E-state index contributed by atoms with van der Waals surface area (Å²) in [5, 5.41) is 0.758. The Morgan fingerprint density at radius 3 is 3.00 bits per heavy atom. The van der Waals surface area contributed by atoms with Gasteiger partial charge in [-0.15, -0.1) is 0 Å². The van der Waals surface area contributed by atoms with Gasteiger partial charge < -0.3 is 4.74 Å². The third-order valence-electron chi connectivity index (χ3n) is 3.36. The van der Waals surface area contributed by atoms with Gasteiger partial charge in [-0.25, -0.2) is 4.99 Å². The Balaban J connectivity index is 1.74. The van der Waals surface area contributed by atoms with Gasteiger partial charge in [0.1, 0.15) is 12.4 Å². The molecule has 0 aliphatic carbocycles. The number of hydrogen-bond donors (Lipinski definition) is 0. The second kappa shape index (κ2) is 6.31. The zero-order valence-electron chi connectivity index (χ0n) is 12.1. The number of rotatable bonds is 4. The van der Waals surface area contributed by atoms with Gasteiger partial charge in [-0.05, 0) is 18.6 Å². The van der Waals surface area contributed by atoms with Crippen molar-refractivity contribution in [1.29, 1.82) is 0 Å². The molecule has 1 amide bonds. The molecular formula is C15H15N3O3S. The van der Waals surface area contributed by atoms with E-state index in [9.17, 15) is 9.59 Å². The predicted molar refractivity (Wildman–Crippen MR) is 85.5 cm³/mol. The van der Waals surface area contributed by atoms with Gasteiger partial charge >= 0.3 is 5.97 Å². The zero-order valence-corrected chi connectivity index (χ0v) is 12.9. The fraction of sp³-hybridized carbons (Fsp3) is 0.333. The van der Waals surface area contributed by atoms with E-state index >= 15 is 0 Å². The summed E-state index contributed by atoms with van der Waals surface area (Å²) >= 11 is 1.53. The number of para-hydroxylation sites is 1. The maximum absolute atomic E-state index is 11.7. The van der Waals surface area contributed by atoms with Crippen LogP contribution in [0.4, 0.5) is 5.69 Å². The van der Waals surface area contributed by atoms with Crippen LogP contribution in [-0.2, 0) is 14.3 Å². The van der Waals surface area contributed by atoms with Crippen molar-refractivity contribution < 1.29 is 14.3 Å². The summed E-state index contributed by atoms with van der Waals surface area (Å²) < 4.78 is 4.62. The molecule has 0 atom stereocenters. The standard InChI is InChI=1S/C15H15N3O3S/c1-21-13(20)7-4-8-22-15-16-11-6-3-2-5-10(11)14-17-12(19)9-18(14)15/h2-3,5-6H,4,7-9H2,1H3. The number of ether oxygens (including phenoxy) is 1. The molecule has 1 aromatic carbocycles. The Bertz CT molecular complexity index is 684. The van der Waals surface area contributed by atoms with Gasteiger partial charge in [-0.2, -0.15) is 4.99 Å². The molecule has 2 aliphatic heterocycles. The molecule has 114 valence electrons. The minimum atomic E-state index is -0.213. The highest BCUT2D eigenvalue weighted by Crippen LogP contribution is 2.31. The molecule has 2 heterocycles. The van der Waals surface area contributed by atoms with Crippen LogP contribution in [0.1, 0.15) is 18.4 Å². The van der Waals surface area contributed by atoms with Crippen molar-refractivity contribution >= 4 is 40.3 Å². The van der Waals surface area contributed by atoms with Gasteiger partial charge in [0.05, 0.1) is 12.8 Å². The molecule has 0 aromatic heterocycles. The van der Waals surface area contributed by atoms with E-state index in [0.29, 0.717) is 18.7 Å². The molecule has 6 nitrogen and oxygen atoms in total. The molecule has 0 radical (unpaired) electrons. The summed E-state index contributed by atoms with van der Waals surface area (Å²) in [7, 11) is 1.39. The molecule has 7 heteroatoms. The lowest BCUT2D eigenvalue weighted by atomic mass is 10.1. The maximum atomic E-state index is 11.7. The fourth-order valence-corrected chi connectivity index (χ4v) is 3.24. The van der Waals surface area contributed by atoms with Gasteiger partial charge in [0.2, 0.25) is 0 Å². The Morgan fingerprint density at radius 1 is 1.36 bits per heavy atom. The van der Waals surface area contributed by atoms with Crippen LogP contribution in [-0.4, -0.2) is 47.2 Å². The van der Waals surface area contributed by atoms with Crippen LogP contribution < -0.4 is 0 Å². The van der Waals surface area contributed by atoms with Crippen molar-refractivity contribution in [3.05, 3.63) is 29.8 Å². The van der Waals surface area contributed by atoms with E-state index in [1.54, 1.807) is 0 Å². The summed E-state index contributed by atoms with van der Waals surface area (Å²) in [5.74, 6) is 1.03. The van der Waals surface area contributed by atoms with Crippen molar-refractivity contribution in [2.75, 3.05) is 19.4 Å². The van der Waals surface area contributed by atoms with Crippen molar-refractivity contribution in [3.63, 3.8) is 0 Å². The fourth-order valence-electron chi connectivity index (χ4n) is 2.30. The SMILES string of the molecule is COC(=O)CCCSC1=Nc2ccccc2C2=NC(=O)CN12. The van der Waals surface area contributed by atoms with Crippen LogP contribution in [0.25, 0.3) is 0 Å². The number of nitrogens with zero attached hydrogens (tertiary/aromatic N) is 3. The molecule has 0 unspecified atom stereocenters. The van der Waals surface area contributed by atoms with Crippen molar-refractivity contribution in [1.82, 2.24) is 4.90 Å². The number of carbonyl (C=O) groups is 2. The van der Waals surface area contributed by atoms with Crippen molar-refractivity contribution in [3.8, 4) is 0 Å². The minimum Gasteiger partial charge on any atom is -0.469 e. The second-order valence-electron chi connectivity index (χ2n) is 4.85. The van der Waals surface area contributed by atoms with Gasteiger partial charge in [-0.3, -0.25) is 14.5 Å². The highest BCUT2D eigenvalue weighted by atomic mass is 32.2. The smallest absolute Gasteiger partial charge is 0.305 e. The summed E-state index contributed by atoms with van der Waals surface area (Å²) in [6, 6.07) is 7.65. The number of hydrogen-bond acceptors (Lipinski definition) is 6. The highest BCUT2D eigenvalue weighted by molar-refractivity contribution is 8.13. The van der Waals surface area contributed by atoms with E-state index in [4.69, 9.17) is 0 Å². The predicted octanol–water partition coefficient (Wildman–Crippen LogP) is 1.96. The Morgan fingerprint density at radius 2 is 2.18 bits per heavy atom. The number of amides is 1. The van der Waals surface area contributed by atoms with E-state index < -0.39 is 0 Å². The van der Waals surface area contributed by atoms with Gasteiger partial charge in [-0.1, -0.05) is 23.9 Å². The lowest BCUT2D eigenvalue weighted by Gasteiger charge is -2.26. The molecular weight excluding hydrogens is 302 g/mol. The molecule has 22 heavy (non-hydrogen) atoms. The quantitative estimate of drug-likeness (QED) is 0.627. The van der Waals surface area contributed by atoms with Gasteiger partial charge in [0.25, 0.3) is 5.91 Å². The molecule has 0 fully saturated rings. The first-order valence-corrected chi connectivity index (χ1v) is 7.94. The maximum Gasteiger partial charge on any atom is 0.305 e. The van der Waals surface area contributed by atoms with E-state index in [1.165, 1.54) is 18.9 Å². The van der Waals surface area contributed by atoms with Crippen LogP contribution in [0.3, 0.4) is 0 Å². The van der Waals surface area contributed by atoms with Crippen LogP contribution in [0, 0.1) is 0 Å². The van der Waals surface area contributed by atoms with Crippen LogP contribution in [0.15, 0.2) is 34.3 Å². The third-order valence-corrected chi connectivity index (χ3v) is 4.42. The number of thioether (sulfide) groups is 1. The van der Waals surface area contributed by atoms with Crippen molar-refractivity contribution in [2.45, 2.75) is 12.8 Å². The number of methoxy groups -OCH3 is 1. The molecule has 1 aromatic rings. The Hall–Kier alpha value is -2.15. The van der Waals surface area contributed by atoms with Gasteiger partial charge in [0.15, 0.2) is 5.17 Å². The molecule has 0 saturated heterocycles. The number of carbonyl (C=O) groups excluding carboxylic acids is 2. The Kier molecular flexibility index (Phi) is 4.24. The number of esters is 1. The van der Waals surface area contributed by atoms with E-state index in [-0.39, 0.29) is 18.4 Å². The number of amidine groups is 2. The minimum absolute atomic E-state index is 0.158. The van der Waals surface area contributed by atoms with Crippen molar-refractivity contribution in [2.24, 2.45) is 9.98 Å². The largest absolute Gasteiger partial charge is 0.469 e. The van der Waals surface area contributed by atoms with Crippen LogP contribution in [0.2, 0.25) is 0 Å². The molecule has 3 rings (SSSR count). The average molecular weight is 317 g/mol. The average Bonchev–Trinajstić information content (AvgIpc) is 2.93. The second-order valence-corrected chi connectivity index (χ2v) is 5.92. The summed E-state index contributed by atoms with van der Waals surface area (Å²) in [6.45, 7) is 0.229. The number of aliphatic imine (C=N–C) groups is 2. The molecule has 0 N–H and O–H groups in total. The first kappa shape index (κ1) is 14.8. The number of fused-ring (bicyclic) bond motifs is 3. The summed E-state index contributed by atoms with van der Waals surface area (Å²) in [4.78, 5) is 33.3. The summed E-state index contributed by atoms with van der Waals surface area (Å²) in [5.41, 5.74) is 1.70. The number of benzene rings is 1. The molecule has 0 spiro atoms. The zero-order chi connectivity index (χ0) is 15.5. The normalized spacial score (nSPS) is 15.9. The van der Waals surface area contributed by atoms with E-state index in [2.05, 4.69) is 14.7 Å². The lowest BCUT2D eigenvalue weighted by Crippen LogP contribution is -2.36.